The first-order valence-corrected chi connectivity index (χ1v) is 8.74. The maximum Gasteiger partial charge on any atom is 0.314 e. The van der Waals surface area contributed by atoms with Gasteiger partial charge in [0.25, 0.3) is 0 Å². The number of nitrogens with zero attached hydrogens (tertiary/aromatic N) is 1. The number of ether oxygens (including phenoxy) is 1. The molecule has 1 aromatic carbocycles. The second kappa shape index (κ2) is 8.83. The van der Waals surface area contributed by atoms with Crippen LogP contribution in [-0.2, 0) is 19.7 Å². The van der Waals surface area contributed by atoms with Crippen molar-refractivity contribution in [2.24, 2.45) is 0 Å². The maximum absolute atomic E-state index is 12.2. The first-order valence-electron chi connectivity index (χ1n) is 8.74. The molecule has 0 spiro atoms. The van der Waals surface area contributed by atoms with Gasteiger partial charge in [-0.25, -0.2) is 0 Å². The van der Waals surface area contributed by atoms with E-state index in [1.54, 1.807) is 4.90 Å². The zero-order valence-electron chi connectivity index (χ0n) is 14.4. The molecule has 1 N–H and O–H groups in total. The summed E-state index contributed by atoms with van der Waals surface area (Å²) in [5, 5.41) is 9.76. The van der Waals surface area contributed by atoms with Crippen LogP contribution in [0.4, 0.5) is 0 Å². The minimum atomic E-state index is -0.889. The molecule has 1 amide bonds. The molecule has 0 bridgehead atoms. The van der Waals surface area contributed by atoms with Crippen molar-refractivity contribution in [1.29, 1.82) is 0 Å². The molecule has 2 rings (SSSR count). The van der Waals surface area contributed by atoms with Gasteiger partial charge < -0.3 is 14.7 Å². The molecule has 5 heteroatoms. The Morgan fingerprint density at radius 3 is 2.42 bits per heavy atom. The van der Waals surface area contributed by atoms with E-state index in [1.165, 1.54) is 0 Å². The summed E-state index contributed by atoms with van der Waals surface area (Å²) < 4.78 is 5.43. The Labute approximate surface area is 143 Å². The summed E-state index contributed by atoms with van der Waals surface area (Å²) in [7, 11) is 0. The topological polar surface area (TPSA) is 66.8 Å². The molecule has 0 radical (unpaired) electrons. The van der Waals surface area contributed by atoms with Gasteiger partial charge in [-0.15, -0.1) is 0 Å². The molecule has 1 fully saturated rings. The number of carboxylic acid groups (broad SMARTS) is 1. The highest BCUT2D eigenvalue weighted by atomic mass is 16.5. The quantitative estimate of drug-likeness (QED) is 0.743. The minimum absolute atomic E-state index is 0.0430. The number of carbonyl (C=O) groups excluding carboxylic acids is 1. The molecular weight excluding hydrogens is 306 g/mol. The monoisotopic (exact) mass is 333 g/mol. The molecule has 1 aromatic rings. The lowest BCUT2D eigenvalue weighted by Crippen LogP contribution is -2.49. The highest BCUT2D eigenvalue weighted by molar-refractivity contribution is 5.83. The number of likely N-dealkylation sites (tertiary alicyclic amines) is 1. The number of benzene rings is 1. The van der Waals surface area contributed by atoms with Crippen LogP contribution in [0.5, 0.6) is 0 Å². The molecule has 24 heavy (non-hydrogen) atoms. The lowest BCUT2D eigenvalue weighted by atomic mass is 9.73. The number of hydrogen-bond acceptors (Lipinski definition) is 3. The largest absolute Gasteiger partial charge is 0.481 e. The van der Waals surface area contributed by atoms with E-state index in [-0.39, 0.29) is 12.5 Å². The van der Waals surface area contributed by atoms with Crippen molar-refractivity contribution in [3.05, 3.63) is 35.9 Å². The van der Waals surface area contributed by atoms with E-state index >= 15 is 0 Å². The van der Waals surface area contributed by atoms with Gasteiger partial charge in [-0.2, -0.15) is 0 Å². The number of hydrogen-bond donors (Lipinski definition) is 1. The van der Waals surface area contributed by atoms with Gasteiger partial charge in [-0.05, 0) is 24.8 Å². The molecule has 0 unspecified atom stereocenters. The standard InChI is InChI=1S/C19H27NO4/c1-2-3-7-14-24-15-17(21)20-12-10-19(11-13-20,18(22)23)16-8-5-4-6-9-16/h4-6,8-9H,2-3,7,10-15H2,1H3,(H,22,23). The SMILES string of the molecule is CCCCCOCC(=O)N1CCC(C(=O)O)(c2ccccc2)CC1. The fourth-order valence-corrected chi connectivity index (χ4v) is 3.23. The fraction of sp³-hybridized carbons (Fsp3) is 0.579. The van der Waals surface area contributed by atoms with Gasteiger partial charge in [-0.1, -0.05) is 50.1 Å². The van der Waals surface area contributed by atoms with Crippen molar-refractivity contribution < 1.29 is 19.4 Å². The van der Waals surface area contributed by atoms with E-state index in [4.69, 9.17) is 4.74 Å². The molecule has 0 aromatic heterocycles. The average Bonchev–Trinajstić information content (AvgIpc) is 2.62. The third kappa shape index (κ3) is 4.35. The Kier molecular flexibility index (Phi) is 6.79. The number of carbonyl (C=O) groups is 2. The second-order valence-electron chi connectivity index (χ2n) is 6.39. The fourth-order valence-electron chi connectivity index (χ4n) is 3.23. The van der Waals surface area contributed by atoms with Crippen molar-refractivity contribution in [1.82, 2.24) is 4.90 Å². The molecule has 0 saturated carbocycles. The lowest BCUT2D eigenvalue weighted by Gasteiger charge is -2.39. The molecule has 0 atom stereocenters. The van der Waals surface area contributed by atoms with Crippen LogP contribution < -0.4 is 0 Å². The Bertz CT molecular complexity index is 536. The zero-order chi connectivity index (χ0) is 17.4. The second-order valence-corrected chi connectivity index (χ2v) is 6.39. The Balaban J connectivity index is 1.89. The van der Waals surface area contributed by atoms with Gasteiger partial charge in [-0.3, -0.25) is 9.59 Å². The van der Waals surface area contributed by atoms with Crippen LogP contribution in [0, 0.1) is 0 Å². The van der Waals surface area contributed by atoms with Crippen molar-refractivity contribution in [2.45, 2.75) is 44.4 Å². The van der Waals surface area contributed by atoms with Crippen LogP contribution in [-0.4, -0.2) is 48.2 Å². The van der Waals surface area contributed by atoms with Crippen LogP contribution in [0.15, 0.2) is 30.3 Å². The van der Waals surface area contributed by atoms with Crippen LogP contribution in [0.2, 0.25) is 0 Å². The highest BCUT2D eigenvalue weighted by Crippen LogP contribution is 2.35. The lowest BCUT2D eigenvalue weighted by molar-refractivity contribution is -0.149. The van der Waals surface area contributed by atoms with E-state index in [0.717, 1.165) is 24.8 Å². The van der Waals surface area contributed by atoms with E-state index in [9.17, 15) is 14.7 Å². The summed E-state index contributed by atoms with van der Waals surface area (Å²) in [6, 6.07) is 9.34. The summed E-state index contributed by atoms with van der Waals surface area (Å²) in [6.07, 6.45) is 4.08. The summed E-state index contributed by atoms with van der Waals surface area (Å²) in [5.41, 5.74) is -0.0690. The van der Waals surface area contributed by atoms with E-state index in [0.29, 0.717) is 32.5 Å². The summed E-state index contributed by atoms with van der Waals surface area (Å²) >= 11 is 0. The molecule has 1 saturated heterocycles. The number of amides is 1. The molecule has 132 valence electrons. The van der Waals surface area contributed by atoms with Crippen molar-refractivity contribution in [3.63, 3.8) is 0 Å². The number of aliphatic carboxylic acids is 1. The number of rotatable bonds is 8. The highest BCUT2D eigenvalue weighted by Gasteiger charge is 2.43. The molecular formula is C19H27NO4. The van der Waals surface area contributed by atoms with Gasteiger partial charge in [0, 0.05) is 19.7 Å². The first kappa shape index (κ1) is 18.5. The van der Waals surface area contributed by atoms with Gasteiger partial charge in [0.15, 0.2) is 0 Å². The predicted octanol–water partition coefficient (Wildman–Crippen LogP) is 2.84. The Hall–Kier alpha value is -1.88. The van der Waals surface area contributed by atoms with Crippen LogP contribution >= 0.6 is 0 Å². The average molecular weight is 333 g/mol. The minimum Gasteiger partial charge on any atom is -0.481 e. The van der Waals surface area contributed by atoms with Crippen molar-refractivity contribution in [3.8, 4) is 0 Å². The van der Waals surface area contributed by atoms with Crippen LogP contribution in [0.25, 0.3) is 0 Å². The molecule has 1 aliphatic rings. The van der Waals surface area contributed by atoms with E-state index in [1.807, 2.05) is 30.3 Å². The van der Waals surface area contributed by atoms with E-state index < -0.39 is 11.4 Å². The van der Waals surface area contributed by atoms with Gasteiger partial charge in [0.1, 0.15) is 6.61 Å². The summed E-state index contributed by atoms with van der Waals surface area (Å²) in [6.45, 7) is 3.74. The van der Waals surface area contributed by atoms with Crippen LogP contribution in [0.3, 0.4) is 0 Å². The first-order chi connectivity index (χ1) is 11.6. The van der Waals surface area contributed by atoms with Gasteiger partial charge >= 0.3 is 5.97 Å². The molecule has 1 heterocycles. The van der Waals surface area contributed by atoms with Gasteiger partial charge in [0.2, 0.25) is 5.91 Å². The normalized spacial score (nSPS) is 16.8. The zero-order valence-corrected chi connectivity index (χ0v) is 14.4. The van der Waals surface area contributed by atoms with Gasteiger partial charge in [0.05, 0.1) is 5.41 Å². The third-order valence-corrected chi connectivity index (χ3v) is 4.82. The third-order valence-electron chi connectivity index (χ3n) is 4.82. The Morgan fingerprint density at radius 2 is 1.83 bits per heavy atom. The van der Waals surface area contributed by atoms with Crippen molar-refractivity contribution >= 4 is 11.9 Å². The van der Waals surface area contributed by atoms with E-state index in [2.05, 4.69) is 6.92 Å². The predicted molar refractivity (Wildman–Crippen MR) is 91.9 cm³/mol. The number of carboxylic acids is 1. The maximum atomic E-state index is 12.2. The number of unbranched alkanes of at least 4 members (excludes halogenated alkanes) is 2. The summed E-state index contributed by atoms with van der Waals surface area (Å²) in [4.78, 5) is 25.8. The molecule has 0 aliphatic carbocycles. The smallest absolute Gasteiger partial charge is 0.314 e. The molecule has 1 aliphatic heterocycles. The molecule has 5 nitrogen and oxygen atoms in total. The summed E-state index contributed by atoms with van der Waals surface area (Å²) in [5.74, 6) is -0.852. The van der Waals surface area contributed by atoms with Crippen molar-refractivity contribution in [2.75, 3.05) is 26.3 Å². The number of piperidine rings is 1. The van der Waals surface area contributed by atoms with Crippen LogP contribution in [0.1, 0.15) is 44.6 Å². The Morgan fingerprint density at radius 1 is 1.17 bits per heavy atom.